The van der Waals surface area contributed by atoms with Crippen molar-refractivity contribution in [3.63, 3.8) is 0 Å². The fourth-order valence-corrected chi connectivity index (χ4v) is 1.54. The fraction of sp³-hybridized carbons (Fsp3) is 0.273. The molecule has 0 radical (unpaired) electrons. The number of aromatic hydroxyl groups is 1. The lowest BCUT2D eigenvalue weighted by atomic mass is 10.0. The standard InChI is InChI=1S/C11H11FO2/c12-11-9(2-1-3-10(11)13)8-4-6-14-7-5-8/h1-4,13H,5-7H2. The van der Waals surface area contributed by atoms with Crippen molar-refractivity contribution < 1.29 is 14.2 Å². The highest BCUT2D eigenvalue weighted by Gasteiger charge is 2.12. The summed E-state index contributed by atoms with van der Waals surface area (Å²) >= 11 is 0. The lowest BCUT2D eigenvalue weighted by Crippen LogP contribution is -2.04. The first-order chi connectivity index (χ1) is 6.79. The molecule has 0 saturated heterocycles. The molecule has 1 aromatic rings. The highest BCUT2D eigenvalue weighted by Crippen LogP contribution is 2.28. The predicted octanol–water partition coefficient (Wildman–Crippen LogP) is 2.33. The molecular weight excluding hydrogens is 183 g/mol. The lowest BCUT2D eigenvalue weighted by molar-refractivity contribution is 0.161. The van der Waals surface area contributed by atoms with Crippen LogP contribution >= 0.6 is 0 Å². The Labute approximate surface area is 81.6 Å². The zero-order chi connectivity index (χ0) is 9.97. The molecule has 0 atom stereocenters. The Morgan fingerprint density at radius 2 is 2.21 bits per heavy atom. The van der Waals surface area contributed by atoms with E-state index < -0.39 is 5.82 Å². The Morgan fingerprint density at radius 3 is 2.93 bits per heavy atom. The van der Waals surface area contributed by atoms with Gasteiger partial charge in [-0.3, -0.25) is 0 Å². The molecule has 1 heterocycles. The van der Waals surface area contributed by atoms with Gasteiger partial charge in [0.25, 0.3) is 0 Å². The van der Waals surface area contributed by atoms with Crippen molar-refractivity contribution in [2.24, 2.45) is 0 Å². The van der Waals surface area contributed by atoms with Crippen LogP contribution in [-0.4, -0.2) is 18.3 Å². The summed E-state index contributed by atoms with van der Waals surface area (Å²) in [6.45, 7) is 1.13. The Hall–Kier alpha value is -1.35. The van der Waals surface area contributed by atoms with E-state index in [2.05, 4.69) is 0 Å². The smallest absolute Gasteiger partial charge is 0.172 e. The molecule has 0 unspecified atom stereocenters. The van der Waals surface area contributed by atoms with E-state index >= 15 is 0 Å². The molecule has 1 aromatic carbocycles. The molecule has 0 spiro atoms. The Morgan fingerprint density at radius 1 is 1.36 bits per heavy atom. The highest BCUT2D eigenvalue weighted by atomic mass is 19.1. The summed E-state index contributed by atoms with van der Waals surface area (Å²) in [4.78, 5) is 0. The van der Waals surface area contributed by atoms with Gasteiger partial charge < -0.3 is 9.84 Å². The van der Waals surface area contributed by atoms with Gasteiger partial charge in [0, 0.05) is 5.56 Å². The van der Waals surface area contributed by atoms with Crippen molar-refractivity contribution in [1.29, 1.82) is 0 Å². The van der Waals surface area contributed by atoms with Crippen molar-refractivity contribution in [3.05, 3.63) is 35.7 Å². The van der Waals surface area contributed by atoms with E-state index in [1.165, 1.54) is 6.07 Å². The third kappa shape index (κ3) is 1.63. The molecule has 0 amide bonds. The van der Waals surface area contributed by atoms with E-state index in [0.29, 0.717) is 25.2 Å². The van der Waals surface area contributed by atoms with E-state index in [1.54, 1.807) is 12.1 Å². The van der Waals surface area contributed by atoms with Crippen LogP contribution in [0, 0.1) is 5.82 Å². The monoisotopic (exact) mass is 194 g/mol. The second-order valence-electron chi connectivity index (χ2n) is 3.19. The van der Waals surface area contributed by atoms with Crippen LogP contribution in [0.15, 0.2) is 24.3 Å². The van der Waals surface area contributed by atoms with Crippen LogP contribution < -0.4 is 0 Å². The van der Waals surface area contributed by atoms with Crippen LogP contribution in [0.3, 0.4) is 0 Å². The number of ether oxygens (including phenoxy) is 1. The molecule has 1 N–H and O–H groups in total. The van der Waals surface area contributed by atoms with Crippen molar-refractivity contribution in [1.82, 2.24) is 0 Å². The minimum atomic E-state index is -0.541. The molecule has 1 aliphatic rings. The molecule has 0 fully saturated rings. The van der Waals surface area contributed by atoms with Gasteiger partial charge in [-0.2, -0.15) is 0 Å². The lowest BCUT2D eigenvalue weighted by Gasteiger charge is -2.14. The molecule has 0 bridgehead atoms. The van der Waals surface area contributed by atoms with E-state index in [1.807, 2.05) is 6.08 Å². The van der Waals surface area contributed by atoms with Crippen molar-refractivity contribution in [2.45, 2.75) is 6.42 Å². The quantitative estimate of drug-likeness (QED) is 0.743. The maximum Gasteiger partial charge on any atom is 0.172 e. The Balaban J connectivity index is 2.40. The molecule has 0 saturated carbocycles. The van der Waals surface area contributed by atoms with Gasteiger partial charge in [0.15, 0.2) is 11.6 Å². The average Bonchev–Trinajstić information content (AvgIpc) is 2.23. The third-order valence-electron chi connectivity index (χ3n) is 2.29. The number of phenolic OH excluding ortho intramolecular Hbond substituents is 1. The van der Waals surface area contributed by atoms with Crippen LogP contribution in [0.25, 0.3) is 5.57 Å². The van der Waals surface area contributed by atoms with Gasteiger partial charge in [0.05, 0.1) is 13.2 Å². The van der Waals surface area contributed by atoms with E-state index in [9.17, 15) is 9.50 Å². The SMILES string of the molecule is Oc1cccc(C2=CCOCC2)c1F. The van der Waals surface area contributed by atoms with Gasteiger partial charge >= 0.3 is 0 Å². The Kier molecular flexibility index (Phi) is 2.50. The summed E-state index contributed by atoms with van der Waals surface area (Å²) in [5.74, 6) is -0.837. The van der Waals surface area contributed by atoms with Gasteiger partial charge in [-0.05, 0) is 18.1 Å². The number of phenols is 1. The van der Waals surface area contributed by atoms with Crippen molar-refractivity contribution >= 4 is 5.57 Å². The molecule has 1 aliphatic heterocycles. The van der Waals surface area contributed by atoms with Crippen LogP contribution in [0.2, 0.25) is 0 Å². The van der Waals surface area contributed by atoms with Crippen LogP contribution in [0.1, 0.15) is 12.0 Å². The largest absolute Gasteiger partial charge is 0.505 e. The van der Waals surface area contributed by atoms with Gasteiger partial charge in [0.2, 0.25) is 0 Å². The zero-order valence-electron chi connectivity index (χ0n) is 7.66. The van der Waals surface area contributed by atoms with Gasteiger partial charge in [0.1, 0.15) is 0 Å². The molecule has 2 rings (SSSR count). The minimum absolute atomic E-state index is 0.296. The molecule has 0 aromatic heterocycles. The van der Waals surface area contributed by atoms with Gasteiger partial charge in [-0.1, -0.05) is 18.2 Å². The second kappa shape index (κ2) is 3.80. The first-order valence-electron chi connectivity index (χ1n) is 4.53. The molecule has 3 heteroatoms. The highest BCUT2D eigenvalue weighted by molar-refractivity contribution is 5.67. The average molecular weight is 194 g/mol. The number of benzene rings is 1. The van der Waals surface area contributed by atoms with E-state index in [0.717, 1.165) is 5.57 Å². The fourth-order valence-electron chi connectivity index (χ4n) is 1.54. The predicted molar refractivity (Wildman–Crippen MR) is 51.5 cm³/mol. The van der Waals surface area contributed by atoms with Crippen molar-refractivity contribution in [3.8, 4) is 5.75 Å². The summed E-state index contributed by atoms with van der Waals surface area (Å²) < 4.78 is 18.6. The van der Waals surface area contributed by atoms with Crippen LogP contribution in [-0.2, 0) is 4.74 Å². The topological polar surface area (TPSA) is 29.5 Å². The summed E-state index contributed by atoms with van der Waals surface area (Å²) in [7, 11) is 0. The van der Waals surface area contributed by atoms with E-state index in [4.69, 9.17) is 4.74 Å². The summed E-state index contributed by atoms with van der Waals surface area (Å²) in [5.41, 5.74) is 1.39. The summed E-state index contributed by atoms with van der Waals surface area (Å²) in [6, 6.07) is 4.66. The summed E-state index contributed by atoms with van der Waals surface area (Å²) in [6.07, 6.45) is 2.54. The first-order valence-corrected chi connectivity index (χ1v) is 4.53. The number of halogens is 1. The van der Waals surface area contributed by atoms with Crippen LogP contribution in [0.4, 0.5) is 4.39 Å². The normalized spacial score (nSPS) is 16.5. The maximum atomic E-state index is 13.5. The minimum Gasteiger partial charge on any atom is -0.505 e. The van der Waals surface area contributed by atoms with Gasteiger partial charge in [-0.15, -0.1) is 0 Å². The molecule has 14 heavy (non-hydrogen) atoms. The first kappa shape index (κ1) is 9.21. The maximum absolute atomic E-state index is 13.5. The van der Waals surface area contributed by atoms with Crippen LogP contribution in [0.5, 0.6) is 5.75 Å². The summed E-state index contributed by atoms with van der Waals surface area (Å²) in [5, 5.41) is 9.20. The molecule has 0 aliphatic carbocycles. The van der Waals surface area contributed by atoms with Crippen molar-refractivity contribution in [2.75, 3.05) is 13.2 Å². The Bertz CT molecular complexity index is 372. The van der Waals surface area contributed by atoms with Gasteiger partial charge in [-0.25, -0.2) is 4.39 Å². The molecule has 74 valence electrons. The second-order valence-corrected chi connectivity index (χ2v) is 3.19. The number of hydrogen-bond donors (Lipinski definition) is 1. The van der Waals surface area contributed by atoms with E-state index in [-0.39, 0.29) is 5.75 Å². The molecular formula is C11H11FO2. The zero-order valence-corrected chi connectivity index (χ0v) is 7.66. The number of hydrogen-bond acceptors (Lipinski definition) is 2. The molecule has 2 nitrogen and oxygen atoms in total. The third-order valence-corrected chi connectivity index (χ3v) is 2.29. The number of rotatable bonds is 1.